The van der Waals surface area contributed by atoms with E-state index in [1.54, 1.807) is 35.6 Å². The van der Waals surface area contributed by atoms with Crippen molar-refractivity contribution in [3.05, 3.63) is 97.9 Å². The van der Waals surface area contributed by atoms with Gasteiger partial charge in [-0.2, -0.15) is 0 Å². The van der Waals surface area contributed by atoms with Crippen molar-refractivity contribution in [2.24, 2.45) is 4.99 Å². The summed E-state index contributed by atoms with van der Waals surface area (Å²) in [6.45, 7) is 2.70. The van der Waals surface area contributed by atoms with Gasteiger partial charge in [-0.1, -0.05) is 54.4 Å². The van der Waals surface area contributed by atoms with E-state index in [2.05, 4.69) is 28.5 Å². The molecule has 1 amide bonds. The highest BCUT2D eigenvalue weighted by molar-refractivity contribution is 7.15. The number of aliphatic imine (C=N–C) groups is 1. The van der Waals surface area contributed by atoms with Crippen LogP contribution in [-0.2, 0) is 19.5 Å². The number of aromatic nitrogens is 3. The summed E-state index contributed by atoms with van der Waals surface area (Å²) in [5.74, 6) is 1.13. The lowest BCUT2D eigenvalue weighted by molar-refractivity contribution is 0.0949. The molecule has 6 nitrogen and oxygen atoms in total. The van der Waals surface area contributed by atoms with Gasteiger partial charge in [0.05, 0.1) is 12.3 Å². The molecule has 0 spiro atoms. The lowest BCUT2D eigenvalue weighted by Crippen LogP contribution is -2.24. The fourth-order valence-corrected chi connectivity index (χ4v) is 5.31. The van der Waals surface area contributed by atoms with E-state index >= 15 is 0 Å². The average Bonchev–Trinajstić information content (AvgIpc) is 3.39. The van der Waals surface area contributed by atoms with Crippen molar-refractivity contribution < 1.29 is 4.79 Å². The summed E-state index contributed by atoms with van der Waals surface area (Å²) in [6.07, 6.45) is 0.895. The molecule has 0 bridgehead atoms. The number of hydrogen-bond acceptors (Lipinski definition) is 5. The number of halogens is 2. The van der Waals surface area contributed by atoms with Crippen LogP contribution >= 0.6 is 34.5 Å². The molecule has 2 aromatic carbocycles. The Morgan fingerprint density at radius 1 is 1.09 bits per heavy atom. The second kappa shape index (κ2) is 9.09. The van der Waals surface area contributed by atoms with Crippen LogP contribution in [0.1, 0.15) is 44.9 Å². The van der Waals surface area contributed by atoms with E-state index in [1.807, 2.05) is 28.8 Å². The monoisotopic (exact) mass is 495 g/mol. The molecule has 1 N–H and O–H groups in total. The van der Waals surface area contributed by atoms with Gasteiger partial charge in [0.15, 0.2) is 11.6 Å². The van der Waals surface area contributed by atoms with Crippen molar-refractivity contribution >= 4 is 46.2 Å². The summed E-state index contributed by atoms with van der Waals surface area (Å²) >= 11 is 14.2. The van der Waals surface area contributed by atoms with Crippen molar-refractivity contribution in [1.82, 2.24) is 20.1 Å². The van der Waals surface area contributed by atoms with Gasteiger partial charge in [0.1, 0.15) is 11.5 Å². The maximum absolute atomic E-state index is 12.6. The van der Waals surface area contributed by atoms with Gasteiger partial charge in [-0.25, -0.2) is 0 Å². The minimum absolute atomic E-state index is 0.221. The number of hydrogen-bond donors (Lipinski definition) is 1. The van der Waals surface area contributed by atoms with Crippen LogP contribution in [-0.4, -0.2) is 26.4 Å². The Labute approximate surface area is 204 Å². The van der Waals surface area contributed by atoms with Gasteiger partial charge in [0, 0.05) is 31.6 Å². The molecule has 0 saturated carbocycles. The van der Waals surface area contributed by atoms with Crippen molar-refractivity contribution in [3.8, 4) is 5.00 Å². The maximum atomic E-state index is 12.6. The summed E-state index contributed by atoms with van der Waals surface area (Å²) in [5, 5.41) is 13.8. The lowest BCUT2D eigenvalue weighted by Gasteiger charge is -2.10. The van der Waals surface area contributed by atoms with Gasteiger partial charge in [-0.15, -0.1) is 21.5 Å². The third-order valence-corrected chi connectivity index (χ3v) is 7.20. The van der Waals surface area contributed by atoms with Gasteiger partial charge >= 0.3 is 0 Å². The van der Waals surface area contributed by atoms with E-state index in [0.29, 0.717) is 28.0 Å². The Kier molecular flexibility index (Phi) is 6.01. The number of nitrogens with zero attached hydrogens (tertiary/aromatic N) is 4. The molecule has 0 atom stereocenters. The van der Waals surface area contributed by atoms with Crippen LogP contribution in [0.25, 0.3) is 5.00 Å². The number of benzene rings is 2. The zero-order chi connectivity index (χ0) is 22.9. The highest BCUT2D eigenvalue weighted by Crippen LogP contribution is 2.34. The first kappa shape index (κ1) is 21.8. The number of rotatable bonds is 5. The SMILES string of the molecule is CCc1cc2c(s1)-n1c(nnc1CNC(=O)c1cccc(Cl)c1)CN=C2c1ccccc1Cl. The first-order chi connectivity index (χ1) is 16.0. The van der Waals surface area contributed by atoms with Gasteiger partial charge in [0.25, 0.3) is 5.91 Å². The topological polar surface area (TPSA) is 72.2 Å². The van der Waals surface area contributed by atoms with E-state index in [4.69, 9.17) is 28.2 Å². The number of carbonyl (C=O) groups excluding carboxylic acids is 1. The molecule has 166 valence electrons. The van der Waals surface area contributed by atoms with Gasteiger partial charge in [-0.05, 0) is 36.8 Å². The molecule has 33 heavy (non-hydrogen) atoms. The second-order valence-electron chi connectivity index (χ2n) is 7.49. The highest BCUT2D eigenvalue weighted by atomic mass is 35.5. The summed E-state index contributed by atoms with van der Waals surface area (Å²) in [7, 11) is 0. The molecule has 0 saturated heterocycles. The molecule has 0 aliphatic carbocycles. The molecule has 4 aromatic rings. The van der Waals surface area contributed by atoms with Gasteiger partial charge in [0.2, 0.25) is 0 Å². The summed E-state index contributed by atoms with van der Waals surface area (Å²) in [4.78, 5) is 18.7. The average molecular weight is 496 g/mol. The third-order valence-electron chi connectivity index (χ3n) is 5.37. The molecule has 0 radical (unpaired) electrons. The summed E-state index contributed by atoms with van der Waals surface area (Å²) in [6, 6.07) is 16.7. The second-order valence-corrected chi connectivity index (χ2v) is 9.45. The van der Waals surface area contributed by atoms with Crippen LogP contribution in [0, 0.1) is 0 Å². The van der Waals surface area contributed by atoms with Gasteiger partial charge < -0.3 is 5.32 Å². The van der Waals surface area contributed by atoms with Crippen LogP contribution in [0.5, 0.6) is 0 Å². The molecule has 1 aliphatic heterocycles. The number of amides is 1. The minimum atomic E-state index is -0.225. The Balaban J connectivity index is 1.51. The molecule has 2 aromatic heterocycles. The fourth-order valence-electron chi connectivity index (χ4n) is 3.76. The Hall–Kier alpha value is -3.00. The first-order valence-electron chi connectivity index (χ1n) is 10.4. The molecule has 9 heteroatoms. The largest absolute Gasteiger partial charge is 0.345 e. The zero-order valence-electron chi connectivity index (χ0n) is 17.7. The first-order valence-corrected chi connectivity index (χ1v) is 12.0. The molecule has 0 unspecified atom stereocenters. The van der Waals surface area contributed by atoms with Crippen molar-refractivity contribution in [2.45, 2.75) is 26.4 Å². The van der Waals surface area contributed by atoms with E-state index in [9.17, 15) is 4.79 Å². The van der Waals surface area contributed by atoms with Crippen molar-refractivity contribution in [1.29, 1.82) is 0 Å². The van der Waals surface area contributed by atoms with Crippen LogP contribution in [0.15, 0.2) is 59.6 Å². The quantitative estimate of drug-likeness (QED) is 0.398. The number of carbonyl (C=O) groups is 1. The third kappa shape index (κ3) is 4.19. The summed E-state index contributed by atoms with van der Waals surface area (Å²) in [5.41, 5.74) is 3.21. The Morgan fingerprint density at radius 2 is 1.94 bits per heavy atom. The van der Waals surface area contributed by atoms with Crippen LogP contribution < -0.4 is 5.32 Å². The van der Waals surface area contributed by atoms with Crippen LogP contribution in [0.4, 0.5) is 0 Å². The molecule has 0 fully saturated rings. The van der Waals surface area contributed by atoms with E-state index in [1.165, 1.54) is 4.88 Å². The zero-order valence-corrected chi connectivity index (χ0v) is 20.0. The lowest BCUT2D eigenvalue weighted by atomic mass is 10.0. The van der Waals surface area contributed by atoms with E-state index in [0.717, 1.165) is 34.1 Å². The van der Waals surface area contributed by atoms with Crippen LogP contribution in [0.2, 0.25) is 10.0 Å². The molecule has 5 rings (SSSR count). The maximum Gasteiger partial charge on any atom is 0.251 e. The van der Waals surface area contributed by atoms with E-state index in [-0.39, 0.29) is 12.5 Å². The predicted molar refractivity (Wildman–Crippen MR) is 132 cm³/mol. The summed E-state index contributed by atoms with van der Waals surface area (Å²) < 4.78 is 2.00. The highest BCUT2D eigenvalue weighted by Gasteiger charge is 2.26. The predicted octanol–water partition coefficient (Wildman–Crippen LogP) is 5.48. The Bertz CT molecular complexity index is 1390. The number of aryl methyl sites for hydroxylation is 1. The number of nitrogens with one attached hydrogen (secondary N) is 1. The normalized spacial score (nSPS) is 12.5. The smallest absolute Gasteiger partial charge is 0.251 e. The number of fused-ring (bicyclic) bond motifs is 3. The number of thiophene rings is 1. The Morgan fingerprint density at radius 3 is 2.73 bits per heavy atom. The molecule has 3 heterocycles. The molecular formula is C24H19Cl2N5OS. The molecule has 1 aliphatic rings. The minimum Gasteiger partial charge on any atom is -0.345 e. The molecular weight excluding hydrogens is 477 g/mol. The van der Waals surface area contributed by atoms with Crippen molar-refractivity contribution in [2.75, 3.05) is 0 Å². The van der Waals surface area contributed by atoms with E-state index < -0.39 is 0 Å². The van der Waals surface area contributed by atoms with Crippen LogP contribution in [0.3, 0.4) is 0 Å². The van der Waals surface area contributed by atoms with Crippen molar-refractivity contribution in [3.63, 3.8) is 0 Å². The fraction of sp³-hybridized carbons (Fsp3) is 0.167. The standard InChI is InChI=1S/C24H19Cl2N5OS/c1-2-16-11-18-22(17-8-3-4-9-19(17)26)27-12-20-29-30-21(31(20)24(18)33-16)13-28-23(32)14-6-5-7-15(25)10-14/h3-11H,2,12-13H2,1H3,(H,28,32). The van der Waals surface area contributed by atoms with Gasteiger partial charge in [-0.3, -0.25) is 14.4 Å².